The van der Waals surface area contributed by atoms with Crippen LogP contribution in [0.4, 0.5) is 0 Å². The van der Waals surface area contributed by atoms with Gasteiger partial charge in [-0.15, -0.1) is 0 Å². The number of ether oxygens (including phenoxy) is 1. The highest BCUT2D eigenvalue weighted by Crippen LogP contribution is 2.55. The van der Waals surface area contributed by atoms with Gasteiger partial charge in [-0.3, -0.25) is 9.59 Å². The highest BCUT2D eigenvalue weighted by molar-refractivity contribution is 6.09. The minimum Gasteiger partial charge on any atom is -0.390 e. The number of hydrogen-bond acceptors (Lipinski definition) is 5. The minimum absolute atomic E-state index is 0.0760. The first-order chi connectivity index (χ1) is 14.5. The Morgan fingerprint density at radius 1 is 1.23 bits per heavy atom. The van der Waals surface area contributed by atoms with E-state index in [4.69, 9.17) is 4.74 Å². The van der Waals surface area contributed by atoms with Gasteiger partial charge in [0.25, 0.3) is 0 Å². The Bertz CT molecular complexity index is 772. The van der Waals surface area contributed by atoms with Crippen molar-refractivity contribution in [2.45, 2.75) is 84.7 Å². The molecule has 8 atom stereocenters. The van der Waals surface area contributed by atoms with Crippen LogP contribution in [-0.4, -0.2) is 53.4 Å². The molecule has 2 aliphatic carbocycles. The fourth-order valence-corrected chi connectivity index (χ4v) is 6.08. The summed E-state index contributed by atoms with van der Waals surface area (Å²) in [6, 6.07) is -0.0760. The van der Waals surface area contributed by atoms with E-state index >= 15 is 0 Å². The summed E-state index contributed by atoms with van der Waals surface area (Å²) in [5.74, 6) is -0.445. The first-order valence-electron chi connectivity index (χ1n) is 11.6. The Morgan fingerprint density at radius 3 is 2.52 bits per heavy atom. The molecule has 1 saturated heterocycles. The number of allylic oxidation sites excluding steroid dienone is 4. The topological polar surface area (TPSA) is 95.9 Å². The van der Waals surface area contributed by atoms with Crippen molar-refractivity contribution >= 4 is 11.7 Å². The number of hydrogen-bond donors (Lipinski definition) is 3. The molecule has 31 heavy (non-hydrogen) atoms. The molecule has 1 amide bonds. The average Bonchev–Trinajstić information content (AvgIpc) is 2.98. The summed E-state index contributed by atoms with van der Waals surface area (Å²) >= 11 is 0. The second kappa shape index (κ2) is 9.16. The molecule has 3 aliphatic rings. The lowest BCUT2D eigenvalue weighted by atomic mass is 9.54. The molecule has 1 spiro atoms. The van der Waals surface area contributed by atoms with Crippen molar-refractivity contribution in [3.63, 3.8) is 0 Å². The van der Waals surface area contributed by atoms with E-state index in [0.29, 0.717) is 18.8 Å². The third-order valence-electron chi connectivity index (χ3n) is 7.83. The van der Waals surface area contributed by atoms with Gasteiger partial charge in [0.05, 0.1) is 12.2 Å². The van der Waals surface area contributed by atoms with Crippen molar-refractivity contribution in [3.05, 3.63) is 23.3 Å². The Labute approximate surface area is 186 Å². The van der Waals surface area contributed by atoms with E-state index in [-0.39, 0.29) is 41.9 Å². The molecule has 1 fully saturated rings. The molecule has 0 unspecified atom stereocenters. The summed E-state index contributed by atoms with van der Waals surface area (Å²) in [5, 5.41) is 24.3. The molecule has 0 aromatic heterocycles. The second-order valence-electron chi connectivity index (χ2n) is 10.3. The van der Waals surface area contributed by atoms with Crippen LogP contribution in [0.25, 0.3) is 0 Å². The van der Waals surface area contributed by atoms with Crippen molar-refractivity contribution in [1.82, 2.24) is 5.32 Å². The number of Topliss-reactive ketones (excluding diaryl/α,β-unsaturated/α-hetero) is 1. The van der Waals surface area contributed by atoms with Gasteiger partial charge < -0.3 is 20.3 Å². The van der Waals surface area contributed by atoms with E-state index < -0.39 is 23.7 Å². The van der Waals surface area contributed by atoms with Gasteiger partial charge in [-0.2, -0.15) is 0 Å². The van der Waals surface area contributed by atoms with Crippen LogP contribution in [0, 0.1) is 29.1 Å². The average molecular weight is 434 g/mol. The highest BCUT2D eigenvalue weighted by atomic mass is 16.5. The molecule has 6 heteroatoms. The molecule has 0 bridgehead atoms. The van der Waals surface area contributed by atoms with Crippen LogP contribution >= 0.6 is 0 Å². The van der Waals surface area contributed by atoms with E-state index in [1.165, 1.54) is 12.7 Å². The van der Waals surface area contributed by atoms with Gasteiger partial charge in [0.2, 0.25) is 5.91 Å². The van der Waals surface area contributed by atoms with E-state index in [0.717, 1.165) is 12.0 Å². The lowest BCUT2D eigenvalue weighted by Gasteiger charge is -2.45. The molecule has 174 valence electrons. The van der Waals surface area contributed by atoms with Crippen molar-refractivity contribution < 1.29 is 24.5 Å². The van der Waals surface area contributed by atoms with E-state index in [1.807, 2.05) is 13.0 Å². The molecular weight excluding hydrogens is 394 g/mol. The number of amides is 1. The zero-order valence-corrected chi connectivity index (χ0v) is 19.7. The number of ketones is 1. The van der Waals surface area contributed by atoms with Crippen LogP contribution in [0.2, 0.25) is 0 Å². The summed E-state index contributed by atoms with van der Waals surface area (Å²) in [7, 11) is 1.44. The largest absolute Gasteiger partial charge is 0.390 e. The number of carbonyl (C=O) groups excluding carboxylic acids is 2. The predicted octanol–water partition coefficient (Wildman–Crippen LogP) is 2.78. The monoisotopic (exact) mass is 433 g/mol. The molecule has 1 aliphatic heterocycles. The molecule has 3 rings (SSSR count). The van der Waals surface area contributed by atoms with Crippen molar-refractivity contribution in [1.29, 1.82) is 0 Å². The van der Waals surface area contributed by atoms with Gasteiger partial charge in [-0.25, -0.2) is 0 Å². The molecule has 3 N–H and O–H groups in total. The summed E-state index contributed by atoms with van der Waals surface area (Å²) in [6.07, 6.45) is 2.79. The van der Waals surface area contributed by atoms with Crippen molar-refractivity contribution in [3.8, 4) is 0 Å². The maximum Gasteiger partial charge on any atom is 0.235 e. The minimum atomic E-state index is -1.22. The van der Waals surface area contributed by atoms with E-state index in [9.17, 15) is 19.8 Å². The molecule has 6 nitrogen and oxygen atoms in total. The zero-order chi connectivity index (χ0) is 23.1. The Hall–Kier alpha value is -1.50. The van der Waals surface area contributed by atoms with Crippen LogP contribution in [0.3, 0.4) is 0 Å². The van der Waals surface area contributed by atoms with Crippen LogP contribution in [-0.2, 0) is 14.3 Å². The fraction of sp³-hybridized carbons (Fsp3) is 0.760. The number of nitrogens with one attached hydrogen (secondary N) is 1. The number of carbonyl (C=O) groups is 2. The number of methoxy groups -OCH3 is 1. The smallest absolute Gasteiger partial charge is 0.235 e. The Balaban J connectivity index is 2.19. The van der Waals surface area contributed by atoms with Gasteiger partial charge >= 0.3 is 0 Å². The highest BCUT2D eigenvalue weighted by Gasteiger charge is 2.65. The second-order valence-corrected chi connectivity index (χ2v) is 10.3. The SMILES string of the molecule is CO[C@@H]1CC(=O)[C@@]23C(=O)N[C@@H](CC(C)C)[C@@H]2[C@@H](C)C(C)=C[C@@H]3/C=C(/C)CC[C@H](O)[C@@H]1O. The standard InChI is InChI=1S/C25H39NO5/c1-13(2)9-18-22-16(5)15(4)11-17-10-14(3)7-8-19(27)23(29)20(31-6)12-21(28)25(17,22)24(30)26-18/h10-11,13,16-20,22-23,27,29H,7-9,12H2,1-6H3,(H,26,30)/b14-10-/t16-,17-,18-,19-,20+,22-,23-,25+/m0/s1. The number of rotatable bonds is 3. The summed E-state index contributed by atoms with van der Waals surface area (Å²) in [5.41, 5.74) is 0.994. The lowest BCUT2D eigenvalue weighted by Crippen LogP contribution is -2.54. The fourth-order valence-electron chi connectivity index (χ4n) is 6.08. The molecule has 0 radical (unpaired) electrons. The van der Waals surface area contributed by atoms with Crippen LogP contribution < -0.4 is 5.32 Å². The zero-order valence-electron chi connectivity index (χ0n) is 19.7. The summed E-state index contributed by atoms with van der Waals surface area (Å²) < 4.78 is 5.45. The van der Waals surface area contributed by atoms with Crippen molar-refractivity contribution in [2.24, 2.45) is 29.1 Å². The normalized spacial score (nSPS) is 43.3. The van der Waals surface area contributed by atoms with Gasteiger partial charge in [-0.1, -0.05) is 44.1 Å². The van der Waals surface area contributed by atoms with Gasteiger partial charge in [-0.05, 0) is 44.9 Å². The summed E-state index contributed by atoms with van der Waals surface area (Å²) in [6.45, 7) is 10.4. The van der Waals surface area contributed by atoms with Crippen LogP contribution in [0.15, 0.2) is 23.3 Å². The van der Waals surface area contributed by atoms with Crippen molar-refractivity contribution in [2.75, 3.05) is 7.11 Å². The number of aliphatic hydroxyl groups is 2. The first-order valence-corrected chi connectivity index (χ1v) is 11.6. The van der Waals surface area contributed by atoms with Crippen LogP contribution in [0.1, 0.15) is 60.3 Å². The van der Waals surface area contributed by atoms with Crippen LogP contribution in [0.5, 0.6) is 0 Å². The number of aliphatic hydroxyl groups excluding tert-OH is 2. The summed E-state index contributed by atoms with van der Waals surface area (Å²) in [4.78, 5) is 27.7. The van der Waals surface area contributed by atoms with Gasteiger partial charge in [0.15, 0.2) is 5.78 Å². The molecule has 0 saturated carbocycles. The quantitative estimate of drug-likeness (QED) is 0.470. The Kier molecular flexibility index (Phi) is 7.14. The molecular formula is C25H39NO5. The Morgan fingerprint density at radius 2 is 1.90 bits per heavy atom. The third-order valence-corrected chi connectivity index (χ3v) is 7.83. The van der Waals surface area contributed by atoms with Gasteiger partial charge in [0.1, 0.15) is 11.5 Å². The van der Waals surface area contributed by atoms with Gasteiger partial charge in [0, 0.05) is 31.4 Å². The maximum absolute atomic E-state index is 14.0. The van der Waals surface area contributed by atoms with E-state index in [2.05, 4.69) is 39.1 Å². The predicted molar refractivity (Wildman–Crippen MR) is 119 cm³/mol. The van der Waals surface area contributed by atoms with E-state index in [1.54, 1.807) is 0 Å². The maximum atomic E-state index is 14.0. The lowest BCUT2D eigenvalue weighted by molar-refractivity contribution is -0.149. The first kappa shape index (κ1) is 24.1. The molecule has 0 aromatic carbocycles. The third kappa shape index (κ3) is 4.14. The molecule has 1 heterocycles. The molecule has 0 aromatic rings.